The zero-order chi connectivity index (χ0) is 22.0. The number of carbonyl (C=O) groups is 1. The van der Waals surface area contributed by atoms with Crippen LogP contribution in [-0.2, 0) is 22.0 Å². The SMILES string of the molecule is CC(C)OC(=O)N1CCC(Nc2cc(N3CCc4cc(S(C)=O)ccc43)ncn2)CC1. The highest BCUT2D eigenvalue weighted by atomic mass is 32.2. The minimum atomic E-state index is -0.981. The van der Waals surface area contributed by atoms with Gasteiger partial charge in [0.1, 0.15) is 18.0 Å². The highest BCUT2D eigenvalue weighted by molar-refractivity contribution is 7.84. The molecule has 9 heteroatoms. The van der Waals surface area contributed by atoms with Gasteiger partial charge in [0.2, 0.25) is 0 Å². The van der Waals surface area contributed by atoms with Crippen LogP contribution in [0.5, 0.6) is 0 Å². The normalized spacial score (nSPS) is 17.5. The van der Waals surface area contributed by atoms with E-state index in [-0.39, 0.29) is 18.2 Å². The number of nitrogens with zero attached hydrogens (tertiary/aromatic N) is 4. The first-order valence-electron chi connectivity index (χ1n) is 10.7. The van der Waals surface area contributed by atoms with Crippen LogP contribution in [-0.4, -0.2) is 63.2 Å². The average Bonchev–Trinajstić information content (AvgIpc) is 3.17. The van der Waals surface area contributed by atoms with Gasteiger partial charge in [-0.15, -0.1) is 0 Å². The Bertz CT molecular complexity index is 975. The molecule has 8 nitrogen and oxygen atoms in total. The molecule has 1 N–H and O–H groups in total. The Hall–Kier alpha value is -2.68. The Morgan fingerprint density at radius 2 is 1.97 bits per heavy atom. The van der Waals surface area contributed by atoms with Crippen molar-refractivity contribution in [2.45, 2.75) is 50.2 Å². The second-order valence-electron chi connectivity index (χ2n) is 8.25. The van der Waals surface area contributed by atoms with Crippen molar-refractivity contribution >= 4 is 34.2 Å². The number of nitrogens with one attached hydrogen (secondary N) is 1. The average molecular weight is 444 g/mol. The van der Waals surface area contributed by atoms with E-state index in [1.54, 1.807) is 17.5 Å². The molecule has 1 saturated heterocycles. The van der Waals surface area contributed by atoms with Crippen LogP contribution in [0.4, 0.5) is 22.1 Å². The molecule has 0 spiro atoms. The maximum atomic E-state index is 12.1. The smallest absolute Gasteiger partial charge is 0.410 e. The first kappa shape index (κ1) is 21.5. The molecular weight excluding hydrogens is 414 g/mol. The van der Waals surface area contributed by atoms with E-state index in [1.165, 1.54) is 5.56 Å². The number of piperidine rings is 1. The minimum Gasteiger partial charge on any atom is -0.447 e. The molecule has 2 aliphatic rings. The zero-order valence-corrected chi connectivity index (χ0v) is 19.0. The van der Waals surface area contributed by atoms with E-state index in [1.807, 2.05) is 38.1 Å². The van der Waals surface area contributed by atoms with Crippen LogP contribution < -0.4 is 10.2 Å². The molecule has 0 radical (unpaired) electrons. The first-order valence-corrected chi connectivity index (χ1v) is 12.2. The van der Waals surface area contributed by atoms with E-state index < -0.39 is 10.8 Å². The van der Waals surface area contributed by atoms with Crippen molar-refractivity contribution in [3.8, 4) is 0 Å². The number of amides is 1. The standard InChI is InChI=1S/C22H29N5O3S/c1-15(2)30-22(28)26-9-7-17(8-10-26)25-20-13-21(24-14-23-20)27-11-6-16-12-18(31(3)29)4-5-19(16)27/h4-5,12-15,17H,6-11H2,1-3H3,(H,23,24,25). The Labute approximate surface area is 185 Å². The van der Waals surface area contributed by atoms with Gasteiger partial charge in [-0.1, -0.05) is 0 Å². The second kappa shape index (κ2) is 9.21. The van der Waals surface area contributed by atoms with E-state index in [9.17, 15) is 9.00 Å². The summed E-state index contributed by atoms with van der Waals surface area (Å²) in [7, 11) is -0.981. The van der Waals surface area contributed by atoms with Crippen LogP contribution in [0.15, 0.2) is 35.5 Å². The first-order chi connectivity index (χ1) is 14.9. The summed E-state index contributed by atoms with van der Waals surface area (Å²) < 4.78 is 17.1. The van der Waals surface area contributed by atoms with Crippen molar-refractivity contribution in [1.29, 1.82) is 0 Å². The monoisotopic (exact) mass is 443 g/mol. The molecule has 166 valence electrons. The van der Waals surface area contributed by atoms with Crippen LogP contribution in [0, 0.1) is 0 Å². The van der Waals surface area contributed by atoms with Crippen molar-refractivity contribution in [1.82, 2.24) is 14.9 Å². The fraction of sp³-hybridized carbons (Fsp3) is 0.500. The van der Waals surface area contributed by atoms with Crippen molar-refractivity contribution in [2.75, 3.05) is 36.1 Å². The molecule has 0 saturated carbocycles. The van der Waals surface area contributed by atoms with Crippen molar-refractivity contribution in [3.05, 3.63) is 36.2 Å². The number of likely N-dealkylation sites (tertiary alicyclic amines) is 1. The third-order valence-corrected chi connectivity index (χ3v) is 6.57. The highest BCUT2D eigenvalue weighted by Crippen LogP contribution is 2.35. The summed E-state index contributed by atoms with van der Waals surface area (Å²) in [6, 6.07) is 8.20. The third-order valence-electron chi connectivity index (χ3n) is 5.65. The third kappa shape index (κ3) is 4.98. The molecule has 2 aliphatic heterocycles. The molecule has 0 aliphatic carbocycles. The van der Waals surface area contributed by atoms with Gasteiger partial charge >= 0.3 is 6.09 Å². The number of carbonyl (C=O) groups excluding carboxylic acids is 1. The second-order valence-corrected chi connectivity index (χ2v) is 9.63. The van der Waals surface area contributed by atoms with Crippen molar-refractivity contribution in [3.63, 3.8) is 0 Å². The summed E-state index contributed by atoms with van der Waals surface area (Å²) in [5.41, 5.74) is 2.30. The maximum Gasteiger partial charge on any atom is 0.410 e. The number of hydrogen-bond donors (Lipinski definition) is 1. The van der Waals surface area contributed by atoms with Crippen molar-refractivity contribution in [2.24, 2.45) is 0 Å². The molecule has 3 heterocycles. The van der Waals surface area contributed by atoms with Gasteiger partial charge in [-0.2, -0.15) is 0 Å². The molecule has 1 unspecified atom stereocenters. The Kier molecular flexibility index (Phi) is 6.41. The van der Waals surface area contributed by atoms with Gasteiger partial charge in [-0.05, 0) is 56.9 Å². The Morgan fingerprint density at radius 1 is 1.19 bits per heavy atom. The van der Waals surface area contributed by atoms with E-state index in [2.05, 4.69) is 20.2 Å². The van der Waals surface area contributed by atoms with E-state index >= 15 is 0 Å². The van der Waals surface area contributed by atoms with Crippen molar-refractivity contribution < 1.29 is 13.7 Å². The Morgan fingerprint density at radius 3 is 2.68 bits per heavy atom. The molecular formula is C22H29N5O3S. The molecule has 31 heavy (non-hydrogen) atoms. The van der Waals surface area contributed by atoms with Gasteiger partial charge < -0.3 is 19.9 Å². The van der Waals surface area contributed by atoms with Crippen LogP contribution in [0.25, 0.3) is 0 Å². The van der Waals surface area contributed by atoms with Crippen LogP contribution in [0.1, 0.15) is 32.3 Å². The van der Waals surface area contributed by atoms with Gasteiger partial charge in [0.15, 0.2) is 0 Å². The molecule has 1 aromatic heterocycles. The summed E-state index contributed by atoms with van der Waals surface area (Å²) in [6.07, 6.45) is 5.54. The number of anilines is 3. The predicted octanol–water partition coefficient (Wildman–Crippen LogP) is 3.33. The van der Waals surface area contributed by atoms with Crippen LogP contribution in [0.2, 0.25) is 0 Å². The number of ether oxygens (including phenoxy) is 1. The van der Waals surface area contributed by atoms with Gasteiger partial charge in [-0.25, -0.2) is 14.8 Å². The largest absolute Gasteiger partial charge is 0.447 e. The molecule has 1 atom stereocenters. The summed E-state index contributed by atoms with van der Waals surface area (Å²) in [6.45, 7) is 5.90. The molecule has 0 bridgehead atoms. The van der Waals surface area contributed by atoms with Gasteiger partial charge in [0, 0.05) is 59.4 Å². The molecule has 1 fully saturated rings. The summed E-state index contributed by atoms with van der Waals surface area (Å²) >= 11 is 0. The zero-order valence-electron chi connectivity index (χ0n) is 18.2. The quantitative estimate of drug-likeness (QED) is 0.758. The highest BCUT2D eigenvalue weighted by Gasteiger charge is 2.26. The minimum absolute atomic E-state index is 0.103. The molecule has 1 amide bonds. The van der Waals surface area contributed by atoms with E-state index in [4.69, 9.17) is 4.74 Å². The number of benzene rings is 1. The number of rotatable bonds is 5. The van der Waals surface area contributed by atoms with Gasteiger partial charge in [0.05, 0.1) is 6.10 Å². The summed E-state index contributed by atoms with van der Waals surface area (Å²) in [5, 5.41) is 3.50. The lowest BCUT2D eigenvalue weighted by Crippen LogP contribution is -2.43. The molecule has 2 aromatic rings. The molecule has 1 aromatic carbocycles. The molecule has 4 rings (SSSR count). The summed E-state index contributed by atoms with van der Waals surface area (Å²) in [5.74, 6) is 1.63. The van der Waals surface area contributed by atoms with Crippen LogP contribution in [0.3, 0.4) is 0 Å². The Balaban J connectivity index is 1.39. The topological polar surface area (TPSA) is 87.7 Å². The fourth-order valence-corrected chi connectivity index (χ4v) is 4.63. The lowest BCUT2D eigenvalue weighted by molar-refractivity contribution is 0.0701. The van der Waals surface area contributed by atoms with Crippen LogP contribution >= 0.6 is 0 Å². The lowest BCUT2D eigenvalue weighted by Gasteiger charge is -2.32. The predicted molar refractivity (Wildman–Crippen MR) is 121 cm³/mol. The fourth-order valence-electron chi connectivity index (χ4n) is 4.06. The number of fused-ring (bicyclic) bond motifs is 1. The lowest BCUT2D eigenvalue weighted by atomic mass is 10.1. The van der Waals surface area contributed by atoms with E-state index in [0.29, 0.717) is 13.1 Å². The summed E-state index contributed by atoms with van der Waals surface area (Å²) in [4.78, 5) is 25.7. The van der Waals surface area contributed by atoms with E-state index in [0.717, 1.165) is 48.0 Å². The number of hydrogen-bond acceptors (Lipinski definition) is 7. The maximum absolute atomic E-state index is 12.1. The number of aromatic nitrogens is 2. The van der Waals surface area contributed by atoms with Gasteiger partial charge in [0.25, 0.3) is 0 Å². The van der Waals surface area contributed by atoms with Gasteiger partial charge in [-0.3, -0.25) is 4.21 Å².